The maximum Gasteiger partial charge on any atom is 0.340 e. The van der Waals surface area contributed by atoms with Gasteiger partial charge in [-0.1, -0.05) is 11.6 Å². The second-order valence-electron chi connectivity index (χ2n) is 4.92. The van der Waals surface area contributed by atoms with Crippen LogP contribution in [0.4, 0.5) is 11.4 Å². The van der Waals surface area contributed by atoms with Crippen molar-refractivity contribution in [2.45, 2.75) is 19.4 Å². The van der Waals surface area contributed by atoms with Crippen molar-refractivity contribution in [3.8, 4) is 0 Å². The maximum atomic E-state index is 11.8. The molecule has 0 radical (unpaired) electrons. The molecule has 106 valence electrons. The molecule has 0 bridgehead atoms. The Balaban J connectivity index is 3.45. The molecule has 0 saturated carbocycles. The van der Waals surface area contributed by atoms with Crippen molar-refractivity contribution in [3.63, 3.8) is 0 Å². The van der Waals surface area contributed by atoms with E-state index in [0.29, 0.717) is 16.4 Å². The van der Waals surface area contributed by atoms with E-state index in [1.54, 1.807) is 18.0 Å². The van der Waals surface area contributed by atoms with Crippen LogP contribution in [0.5, 0.6) is 0 Å². The summed E-state index contributed by atoms with van der Waals surface area (Å²) >= 11 is 6.18. The van der Waals surface area contributed by atoms with Gasteiger partial charge in [0, 0.05) is 12.7 Å². The number of methoxy groups -OCH3 is 1. The summed E-state index contributed by atoms with van der Waals surface area (Å²) in [5, 5.41) is 9.77. The number of nitrogens with zero attached hydrogens (tertiary/aromatic N) is 1. The fraction of sp³-hybridized carbons (Fsp3) is 0.462. The number of ether oxygens (including phenoxy) is 1. The van der Waals surface area contributed by atoms with E-state index in [4.69, 9.17) is 22.1 Å². The van der Waals surface area contributed by atoms with Crippen LogP contribution in [0, 0.1) is 0 Å². The molecule has 0 atom stereocenters. The summed E-state index contributed by atoms with van der Waals surface area (Å²) in [6.07, 6.45) is 0. The van der Waals surface area contributed by atoms with Gasteiger partial charge in [0.1, 0.15) is 0 Å². The smallest absolute Gasteiger partial charge is 0.340 e. The normalized spacial score (nSPS) is 11.3. The highest BCUT2D eigenvalue weighted by atomic mass is 35.5. The van der Waals surface area contributed by atoms with Crippen LogP contribution in [0.1, 0.15) is 24.2 Å². The van der Waals surface area contributed by atoms with Gasteiger partial charge in [-0.3, -0.25) is 0 Å². The van der Waals surface area contributed by atoms with Gasteiger partial charge in [-0.05, 0) is 26.0 Å². The van der Waals surface area contributed by atoms with E-state index in [-0.39, 0.29) is 12.2 Å². The Kier molecular flexibility index (Phi) is 4.66. The molecule has 0 fully saturated rings. The Morgan fingerprint density at radius 3 is 2.58 bits per heavy atom. The molecule has 0 saturated heterocycles. The molecule has 0 unspecified atom stereocenters. The number of benzene rings is 1. The second kappa shape index (κ2) is 5.67. The minimum Gasteiger partial charge on any atom is -0.465 e. The van der Waals surface area contributed by atoms with Crippen LogP contribution in [0.25, 0.3) is 0 Å². The summed E-state index contributed by atoms with van der Waals surface area (Å²) in [4.78, 5) is 13.6. The second-order valence-corrected chi connectivity index (χ2v) is 5.33. The van der Waals surface area contributed by atoms with Crippen molar-refractivity contribution in [1.82, 2.24) is 0 Å². The van der Waals surface area contributed by atoms with Crippen LogP contribution in [-0.4, -0.2) is 37.4 Å². The molecule has 1 rings (SSSR count). The molecule has 0 aliphatic rings. The van der Waals surface area contributed by atoms with Crippen LogP contribution in [-0.2, 0) is 4.74 Å². The number of rotatable bonds is 4. The number of aliphatic hydroxyl groups excluding tert-OH is 1. The van der Waals surface area contributed by atoms with Crippen molar-refractivity contribution in [1.29, 1.82) is 0 Å². The average Bonchev–Trinajstić information content (AvgIpc) is 2.36. The number of hydrogen-bond donors (Lipinski definition) is 2. The number of nitrogen functional groups attached to an aromatic ring is 1. The molecule has 1 aromatic carbocycles. The van der Waals surface area contributed by atoms with Crippen LogP contribution in [0.2, 0.25) is 5.02 Å². The van der Waals surface area contributed by atoms with Crippen LogP contribution < -0.4 is 10.6 Å². The summed E-state index contributed by atoms with van der Waals surface area (Å²) in [5.41, 5.74) is 6.26. The minimum atomic E-state index is -0.581. The van der Waals surface area contributed by atoms with Gasteiger partial charge in [0.2, 0.25) is 0 Å². The predicted octanol–water partition coefficient (Wildman–Crippen LogP) is 1.92. The molecule has 0 amide bonds. The zero-order chi connectivity index (χ0) is 14.8. The van der Waals surface area contributed by atoms with E-state index in [1.807, 2.05) is 13.8 Å². The van der Waals surface area contributed by atoms with Crippen molar-refractivity contribution in [2.24, 2.45) is 0 Å². The molecular formula is C13H19ClN2O3. The van der Waals surface area contributed by atoms with E-state index < -0.39 is 11.5 Å². The van der Waals surface area contributed by atoms with Gasteiger partial charge in [-0.2, -0.15) is 0 Å². The van der Waals surface area contributed by atoms with Crippen molar-refractivity contribution in [2.75, 3.05) is 31.4 Å². The number of nitrogens with two attached hydrogens (primary N) is 1. The van der Waals surface area contributed by atoms with E-state index >= 15 is 0 Å². The Bertz CT molecular complexity index is 489. The SMILES string of the molecule is COC(=O)c1cc(N)cc(Cl)c1N(C)C(C)(C)CO. The lowest BCUT2D eigenvalue weighted by Gasteiger charge is -2.37. The van der Waals surface area contributed by atoms with E-state index in [9.17, 15) is 9.90 Å². The molecule has 5 nitrogen and oxygen atoms in total. The van der Waals surface area contributed by atoms with E-state index in [0.717, 1.165) is 0 Å². The lowest BCUT2D eigenvalue weighted by molar-refractivity contribution is 0.0601. The van der Waals surface area contributed by atoms with Crippen LogP contribution >= 0.6 is 11.6 Å². The number of esters is 1. The molecule has 1 aromatic rings. The van der Waals surface area contributed by atoms with Gasteiger partial charge in [0.25, 0.3) is 0 Å². The molecule has 6 heteroatoms. The summed E-state index contributed by atoms with van der Waals surface area (Å²) in [6.45, 7) is 3.58. The van der Waals surface area contributed by atoms with E-state index in [1.165, 1.54) is 13.2 Å². The number of hydrogen-bond acceptors (Lipinski definition) is 5. The predicted molar refractivity (Wildman–Crippen MR) is 76.8 cm³/mol. The third kappa shape index (κ3) is 3.11. The van der Waals surface area contributed by atoms with Gasteiger partial charge in [0.05, 0.1) is 35.5 Å². The monoisotopic (exact) mass is 286 g/mol. The van der Waals surface area contributed by atoms with Crippen LogP contribution in [0.15, 0.2) is 12.1 Å². The largest absolute Gasteiger partial charge is 0.465 e. The number of aliphatic hydroxyl groups is 1. The molecule has 3 N–H and O–H groups in total. The molecular weight excluding hydrogens is 268 g/mol. The molecule has 0 aromatic heterocycles. The van der Waals surface area contributed by atoms with Gasteiger partial charge in [-0.25, -0.2) is 4.79 Å². The first kappa shape index (κ1) is 15.6. The Hall–Kier alpha value is -1.46. The third-order valence-corrected chi connectivity index (χ3v) is 3.41. The number of anilines is 2. The van der Waals surface area contributed by atoms with E-state index in [2.05, 4.69) is 0 Å². The standard InChI is InChI=1S/C13H19ClN2O3/c1-13(2,7-17)16(3)11-9(12(18)19-4)5-8(15)6-10(11)14/h5-6,17H,7,15H2,1-4H3. The number of carbonyl (C=O) groups excluding carboxylic acids is 1. The Morgan fingerprint density at radius 2 is 2.11 bits per heavy atom. The lowest BCUT2D eigenvalue weighted by Crippen LogP contribution is -2.45. The Morgan fingerprint density at radius 1 is 1.53 bits per heavy atom. The third-order valence-electron chi connectivity index (χ3n) is 3.12. The quantitative estimate of drug-likeness (QED) is 0.653. The lowest BCUT2D eigenvalue weighted by atomic mass is 10.0. The Labute approximate surface area is 117 Å². The van der Waals surface area contributed by atoms with Crippen LogP contribution in [0.3, 0.4) is 0 Å². The fourth-order valence-corrected chi connectivity index (χ4v) is 1.99. The van der Waals surface area contributed by atoms with Gasteiger partial charge >= 0.3 is 5.97 Å². The number of halogens is 1. The highest BCUT2D eigenvalue weighted by Gasteiger charge is 2.28. The van der Waals surface area contributed by atoms with Crippen molar-refractivity contribution >= 4 is 28.9 Å². The molecule has 0 heterocycles. The van der Waals surface area contributed by atoms with Gasteiger partial charge in [-0.15, -0.1) is 0 Å². The van der Waals surface area contributed by atoms with Gasteiger partial charge in [0.15, 0.2) is 0 Å². The topological polar surface area (TPSA) is 75.8 Å². The first-order chi connectivity index (χ1) is 8.74. The average molecular weight is 287 g/mol. The maximum absolute atomic E-state index is 11.8. The zero-order valence-electron chi connectivity index (χ0n) is 11.5. The fourth-order valence-electron chi connectivity index (χ4n) is 1.64. The number of carbonyl (C=O) groups is 1. The minimum absolute atomic E-state index is 0.0924. The number of likely N-dealkylation sites (N-methyl/N-ethyl adjacent to an activating group) is 1. The zero-order valence-corrected chi connectivity index (χ0v) is 12.3. The first-order valence-electron chi connectivity index (χ1n) is 5.76. The molecule has 0 aliphatic heterocycles. The first-order valence-corrected chi connectivity index (χ1v) is 6.14. The molecule has 19 heavy (non-hydrogen) atoms. The highest BCUT2D eigenvalue weighted by Crippen LogP contribution is 2.35. The molecule has 0 aliphatic carbocycles. The highest BCUT2D eigenvalue weighted by molar-refractivity contribution is 6.34. The molecule has 0 spiro atoms. The summed E-state index contributed by atoms with van der Waals surface area (Å²) in [6, 6.07) is 3.07. The van der Waals surface area contributed by atoms with Gasteiger partial charge < -0.3 is 20.5 Å². The van der Waals surface area contributed by atoms with Crippen molar-refractivity contribution < 1.29 is 14.6 Å². The van der Waals surface area contributed by atoms with Crippen molar-refractivity contribution in [3.05, 3.63) is 22.7 Å². The summed E-state index contributed by atoms with van der Waals surface area (Å²) < 4.78 is 4.74. The summed E-state index contributed by atoms with van der Waals surface area (Å²) in [5.74, 6) is -0.523. The summed E-state index contributed by atoms with van der Waals surface area (Å²) in [7, 11) is 3.04.